The van der Waals surface area contributed by atoms with Gasteiger partial charge in [0.15, 0.2) is 0 Å². The minimum absolute atomic E-state index is 0.118. The van der Waals surface area contributed by atoms with Crippen molar-refractivity contribution in [2.75, 3.05) is 32.8 Å². The summed E-state index contributed by atoms with van der Waals surface area (Å²) < 4.78 is 0. The Bertz CT molecular complexity index is 233. The normalized spacial score (nSPS) is 9.94. The molecule has 16 heavy (non-hydrogen) atoms. The molecule has 0 aromatic heterocycles. The number of carboxylic acid groups (broad SMARTS) is 1. The highest BCUT2D eigenvalue weighted by Crippen LogP contribution is 2.00. The lowest BCUT2D eigenvalue weighted by atomic mass is 10.4. The average Bonchev–Trinajstić information content (AvgIpc) is 2.23. The molecule has 0 aromatic rings. The molecule has 0 aliphatic carbocycles. The molecule has 0 rings (SSSR count). The highest BCUT2D eigenvalue weighted by Gasteiger charge is 2.20. The van der Waals surface area contributed by atoms with Crippen LogP contribution in [-0.2, 0) is 4.79 Å². The maximum absolute atomic E-state index is 11.9. The van der Waals surface area contributed by atoms with Gasteiger partial charge in [-0.2, -0.15) is 0 Å². The van der Waals surface area contributed by atoms with Crippen LogP contribution >= 0.6 is 0 Å². The molecule has 6 heteroatoms. The molecule has 0 radical (unpaired) electrons. The van der Waals surface area contributed by atoms with E-state index in [9.17, 15) is 9.59 Å². The van der Waals surface area contributed by atoms with Crippen molar-refractivity contribution in [1.82, 2.24) is 9.80 Å². The van der Waals surface area contributed by atoms with Crippen molar-refractivity contribution in [3.63, 3.8) is 0 Å². The Labute approximate surface area is 95.5 Å². The number of urea groups is 1. The smallest absolute Gasteiger partial charge is 0.323 e. The molecule has 0 bridgehead atoms. The molecule has 0 spiro atoms. The summed E-state index contributed by atoms with van der Waals surface area (Å²) in [5.41, 5.74) is 0. The number of carbonyl (C=O) groups excluding carboxylic acids is 1. The van der Waals surface area contributed by atoms with Crippen LogP contribution in [0.1, 0.15) is 20.3 Å². The summed E-state index contributed by atoms with van der Waals surface area (Å²) in [5.74, 6) is -1.03. The molecule has 0 aliphatic rings. The van der Waals surface area contributed by atoms with Gasteiger partial charge in [0.1, 0.15) is 6.54 Å². The van der Waals surface area contributed by atoms with Crippen molar-refractivity contribution >= 4 is 12.0 Å². The predicted octanol–water partition coefficient (Wildman–Crippen LogP) is 0.217. The number of hydrogen-bond donors (Lipinski definition) is 2. The van der Waals surface area contributed by atoms with Gasteiger partial charge >= 0.3 is 12.0 Å². The second-order valence-corrected chi connectivity index (χ2v) is 3.40. The van der Waals surface area contributed by atoms with Gasteiger partial charge in [-0.05, 0) is 13.3 Å². The second kappa shape index (κ2) is 7.92. The van der Waals surface area contributed by atoms with Crippen LogP contribution in [0.2, 0.25) is 0 Å². The molecule has 6 nitrogen and oxygen atoms in total. The number of aliphatic carboxylic acids is 1. The van der Waals surface area contributed by atoms with E-state index >= 15 is 0 Å². The Morgan fingerprint density at radius 1 is 1.12 bits per heavy atom. The Morgan fingerprint density at radius 3 is 2.12 bits per heavy atom. The number of aliphatic hydroxyl groups is 1. The van der Waals surface area contributed by atoms with Gasteiger partial charge in [-0.1, -0.05) is 6.92 Å². The molecule has 94 valence electrons. The SMILES string of the molecule is CCCN(CC(=O)O)C(=O)N(CC)CCO. The minimum Gasteiger partial charge on any atom is -0.480 e. The Balaban J connectivity index is 4.49. The van der Waals surface area contributed by atoms with E-state index in [1.165, 1.54) is 9.80 Å². The third kappa shape index (κ3) is 4.97. The first-order chi connectivity index (χ1) is 7.56. The van der Waals surface area contributed by atoms with Gasteiger partial charge in [0, 0.05) is 19.6 Å². The second-order valence-electron chi connectivity index (χ2n) is 3.40. The van der Waals surface area contributed by atoms with Crippen molar-refractivity contribution < 1.29 is 19.8 Å². The Kier molecular flexibility index (Phi) is 7.28. The van der Waals surface area contributed by atoms with E-state index in [2.05, 4.69) is 0 Å². The summed E-state index contributed by atoms with van der Waals surface area (Å²) in [5, 5.41) is 17.5. The van der Waals surface area contributed by atoms with Crippen LogP contribution in [0.25, 0.3) is 0 Å². The van der Waals surface area contributed by atoms with E-state index in [1.54, 1.807) is 6.92 Å². The number of hydrogen-bond acceptors (Lipinski definition) is 3. The van der Waals surface area contributed by atoms with Gasteiger partial charge in [0.05, 0.1) is 6.61 Å². The van der Waals surface area contributed by atoms with Crippen LogP contribution in [0, 0.1) is 0 Å². The fourth-order valence-corrected chi connectivity index (χ4v) is 1.39. The highest BCUT2D eigenvalue weighted by molar-refractivity contribution is 5.80. The first-order valence-electron chi connectivity index (χ1n) is 5.43. The van der Waals surface area contributed by atoms with Crippen molar-refractivity contribution in [1.29, 1.82) is 0 Å². The van der Waals surface area contributed by atoms with Gasteiger partial charge in [-0.15, -0.1) is 0 Å². The Morgan fingerprint density at radius 2 is 1.75 bits per heavy atom. The average molecular weight is 232 g/mol. The molecule has 0 heterocycles. The molecule has 0 saturated heterocycles. The molecular formula is C10H20N2O4. The zero-order valence-electron chi connectivity index (χ0n) is 9.85. The van der Waals surface area contributed by atoms with Gasteiger partial charge in [-0.3, -0.25) is 4.79 Å². The lowest BCUT2D eigenvalue weighted by molar-refractivity contribution is -0.137. The summed E-state index contributed by atoms with van der Waals surface area (Å²) in [6.45, 7) is 4.35. The maximum Gasteiger partial charge on any atom is 0.323 e. The van der Waals surface area contributed by atoms with E-state index in [0.717, 1.165) is 0 Å². The number of carboxylic acids is 1. The number of rotatable bonds is 7. The molecule has 0 aliphatic heterocycles. The number of nitrogens with zero attached hydrogens (tertiary/aromatic N) is 2. The minimum atomic E-state index is -1.03. The molecule has 0 aromatic carbocycles. The van der Waals surface area contributed by atoms with Crippen molar-refractivity contribution in [2.24, 2.45) is 0 Å². The van der Waals surface area contributed by atoms with Crippen molar-refractivity contribution in [2.45, 2.75) is 20.3 Å². The molecule has 2 N–H and O–H groups in total. The molecule has 2 amide bonds. The first-order valence-corrected chi connectivity index (χ1v) is 5.43. The number of aliphatic hydroxyl groups excluding tert-OH is 1. The van der Waals surface area contributed by atoms with Crippen LogP contribution in [0.3, 0.4) is 0 Å². The quantitative estimate of drug-likeness (QED) is 0.658. The fourth-order valence-electron chi connectivity index (χ4n) is 1.39. The topological polar surface area (TPSA) is 81.1 Å². The Hall–Kier alpha value is -1.30. The first kappa shape index (κ1) is 14.7. The largest absolute Gasteiger partial charge is 0.480 e. The monoisotopic (exact) mass is 232 g/mol. The highest BCUT2D eigenvalue weighted by atomic mass is 16.4. The molecule has 0 saturated carbocycles. The van der Waals surface area contributed by atoms with E-state index in [-0.39, 0.29) is 25.7 Å². The van der Waals surface area contributed by atoms with E-state index in [4.69, 9.17) is 10.2 Å². The lowest BCUT2D eigenvalue weighted by Gasteiger charge is -2.28. The van der Waals surface area contributed by atoms with E-state index in [0.29, 0.717) is 19.5 Å². The lowest BCUT2D eigenvalue weighted by Crippen LogP contribution is -2.46. The van der Waals surface area contributed by atoms with Crippen molar-refractivity contribution in [3.05, 3.63) is 0 Å². The summed E-state index contributed by atoms with van der Waals surface area (Å²) in [7, 11) is 0. The fraction of sp³-hybridized carbons (Fsp3) is 0.800. The maximum atomic E-state index is 11.9. The number of carbonyl (C=O) groups is 2. The van der Waals surface area contributed by atoms with Crippen LogP contribution in [-0.4, -0.2) is 64.8 Å². The molecule has 0 fully saturated rings. The van der Waals surface area contributed by atoms with Gasteiger partial charge < -0.3 is 20.0 Å². The van der Waals surface area contributed by atoms with Gasteiger partial charge in [-0.25, -0.2) is 4.79 Å². The van der Waals surface area contributed by atoms with Crippen LogP contribution in [0.5, 0.6) is 0 Å². The third-order valence-corrected chi connectivity index (χ3v) is 2.11. The van der Waals surface area contributed by atoms with Gasteiger partial charge in [0.25, 0.3) is 0 Å². The van der Waals surface area contributed by atoms with E-state index < -0.39 is 5.97 Å². The standard InChI is InChI=1S/C10H20N2O4/c1-3-5-12(8-9(14)15)10(16)11(4-2)6-7-13/h13H,3-8H2,1-2H3,(H,14,15). The van der Waals surface area contributed by atoms with Crippen LogP contribution < -0.4 is 0 Å². The predicted molar refractivity (Wildman–Crippen MR) is 59.2 cm³/mol. The third-order valence-electron chi connectivity index (χ3n) is 2.11. The van der Waals surface area contributed by atoms with Crippen LogP contribution in [0.15, 0.2) is 0 Å². The summed E-state index contributed by atoms with van der Waals surface area (Å²) >= 11 is 0. The summed E-state index contributed by atoms with van der Waals surface area (Å²) in [4.78, 5) is 25.2. The molecule has 0 unspecified atom stereocenters. The van der Waals surface area contributed by atoms with Gasteiger partial charge in [0.2, 0.25) is 0 Å². The van der Waals surface area contributed by atoms with Crippen LogP contribution in [0.4, 0.5) is 4.79 Å². The summed E-state index contributed by atoms with van der Waals surface area (Å²) in [6, 6.07) is -0.333. The molecule has 0 atom stereocenters. The molecular weight excluding hydrogens is 212 g/mol. The van der Waals surface area contributed by atoms with Crippen molar-refractivity contribution in [3.8, 4) is 0 Å². The van der Waals surface area contributed by atoms with E-state index in [1.807, 2.05) is 6.92 Å². The number of likely N-dealkylation sites (N-methyl/N-ethyl adjacent to an activating group) is 1. The zero-order valence-corrected chi connectivity index (χ0v) is 9.85. The summed E-state index contributed by atoms with van der Waals surface area (Å²) in [6.07, 6.45) is 0.704. The number of amides is 2. The zero-order chi connectivity index (χ0) is 12.6.